The third kappa shape index (κ3) is 1.63. The second-order valence-corrected chi connectivity index (χ2v) is 5.08. The maximum Gasteiger partial charge on any atom is 0.131 e. The maximum absolute atomic E-state index is 10.4. The van der Waals surface area contributed by atoms with Gasteiger partial charge in [-0.05, 0) is 34.4 Å². The Balaban J connectivity index is 2.41. The lowest BCUT2D eigenvalue weighted by Gasteiger charge is -2.10. The lowest BCUT2D eigenvalue weighted by Crippen LogP contribution is -1.87. The first-order valence-corrected chi connectivity index (χ1v) is 6.31. The molecule has 0 heterocycles. The summed E-state index contributed by atoms with van der Waals surface area (Å²) in [6, 6.07) is 16.4. The third-order valence-corrected chi connectivity index (χ3v) is 3.53. The predicted octanol–water partition coefficient (Wildman–Crippen LogP) is 4.82. The first kappa shape index (κ1) is 11.1. The van der Waals surface area contributed by atoms with Gasteiger partial charge in [-0.3, -0.25) is 0 Å². The molecule has 3 rings (SSSR count). The van der Waals surface area contributed by atoms with Crippen molar-refractivity contribution in [2.45, 2.75) is 19.8 Å². The molecule has 0 unspecified atom stereocenters. The summed E-state index contributed by atoms with van der Waals surface area (Å²) in [5.74, 6) is 0.867. The van der Waals surface area contributed by atoms with Gasteiger partial charge in [0.05, 0.1) is 0 Å². The average Bonchev–Trinajstić information content (AvgIpc) is 2.38. The van der Waals surface area contributed by atoms with Gasteiger partial charge in [-0.1, -0.05) is 50.2 Å². The highest BCUT2D eigenvalue weighted by Gasteiger charge is 2.08. The topological polar surface area (TPSA) is 20.2 Å². The van der Waals surface area contributed by atoms with Crippen molar-refractivity contribution in [3.63, 3.8) is 0 Å². The molecule has 0 saturated carbocycles. The Labute approximate surface area is 107 Å². The zero-order valence-electron chi connectivity index (χ0n) is 10.6. The zero-order chi connectivity index (χ0) is 12.7. The van der Waals surface area contributed by atoms with Gasteiger partial charge in [0.15, 0.2) is 0 Å². The van der Waals surface area contributed by atoms with Crippen LogP contribution in [-0.4, -0.2) is 5.11 Å². The lowest BCUT2D eigenvalue weighted by molar-refractivity contribution is 0.487. The zero-order valence-corrected chi connectivity index (χ0v) is 10.6. The molecule has 18 heavy (non-hydrogen) atoms. The van der Waals surface area contributed by atoms with Crippen LogP contribution in [-0.2, 0) is 0 Å². The SMILES string of the molecule is CC(C)c1ccc2cc3ccccc3c(O)c2c1. The molecule has 1 heteroatoms. The molecule has 0 aliphatic heterocycles. The monoisotopic (exact) mass is 236 g/mol. The van der Waals surface area contributed by atoms with E-state index in [1.165, 1.54) is 5.56 Å². The molecule has 1 nitrogen and oxygen atoms in total. The van der Waals surface area contributed by atoms with Gasteiger partial charge in [0, 0.05) is 10.8 Å². The molecule has 0 bridgehead atoms. The van der Waals surface area contributed by atoms with E-state index in [1.807, 2.05) is 24.3 Å². The van der Waals surface area contributed by atoms with Crippen LogP contribution in [0.15, 0.2) is 48.5 Å². The van der Waals surface area contributed by atoms with Crippen molar-refractivity contribution >= 4 is 21.5 Å². The van der Waals surface area contributed by atoms with E-state index in [-0.39, 0.29) is 0 Å². The fraction of sp³-hybridized carbons (Fsp3) is 0.176. The van der Waals surface area contributed by atoms with Gasteiger partial charge in [-0.25, -0.2) is 0 Å². The molecule has 0 saturated heterocycles. The summed E-state index contributed by atoms with van der Waals surface area (Å²) in [5.41, 5.74) is 1.26. The van der Waals surface area contributed by atoms with Crippen molar-refractivity contribution in [2.24, 2.45) is 0 Å². The molecule has 0 amide bonds. The Hall–Kier alpha value is -2.02. The van der Waals surface area contributed by atoms with Gasteiger partial charge in [0.1, 0.15) is 5.75 Å². The summed E-state index contributed by atoms with van der Waals surface area (Å²) in [5, 5.41) is 14.5. The summed E-state index contributed by atoms with van der Waals surface area (Å²) in [6.07, 6.45) is 0. The van der Waals surface area contributed by atoms with Crippen molar-refractivity contribution in [2.75, 3.05) is 0 Å². The number of hydrogen-bond donors (Lipinski definition) is 1. The summed E-state index contributed by atoms with van der Waals surface area (Å²) >= 11 is 0. The van der Waals surface area contributed by atoms with E-state index in [0.717, 1.165) is 21.5 Å². The van der Waals surface area contributed by atoms with Crippen LogP contribution in [0, 0.1) is 0 Å². The molecule has 90 valence electrons. The van der Waals surface area contributed by atoms with E-state index in [4.69, 9.17) is 0 Å². The van der Waals surface area contributed by atoms with Crippen molar-refractivity contribution in [1.29, 1.82) is 0 Å². The number of fused-ring (bicyclic) bond motifs is 2. The number of rotatable bonds is 1. The van der Waals surface area contributed by atoms with Gasteiger partial charge in [-0.15, -0.1) is 0 Å². The molecular weight excluding hydrogens is 220 g/mol. The number of hydrogen-bond acceptors (Lipinski definition) is 1. The molecule has 3 aromatic rings. The fourth-order valence-corrected chi connectivity index (χ4v) is 2.42. The van der Waals surface area contributed by atoms with E-state index in [1.54, 1.807) is 0 Å². The van der Waals surface area contributed by atoms with E-state index >= 15 is 0 Å². The van der Waals surface area contributed by atoms with Crippen molar-refractivity contribution in [3.8, 4) is 5.75 Å². The number of phenols is 1. The van der Waals surface area contributed by atoms with Gasteiger partial charge < -0.3 is 5.11 Å². The van der Waals surface area contributed by atoms with E-state index in [2.05, 4.69) is 38.1 Å². The van der Waals surface area contributed by atoms with Crippen molar-refractivity contribution in [1.82, 2.24) is 0 Å². The van der Waals surface area contributed by atoms with Crippen molar-refractivity contribution < 1.29 is 5.11 Å². The van der Waals surface area contributed by atoms with Gasteiger partial charge in [0.25, 0.3) is 0 Å². The van der Waals surface area contributed by atoms with E-state index < -0.39 is 0 Å². The van der Waals surface area contributed by atoms with Crippen LogP contribution in [0.2, 0.25) is 0 Å². The Bertz CT molecular complexity index is 726. The summed E-state index contributed by atoms with van der Waals surface area (Å²) in [4.78, 5) is 0. The van der Waals surface area contributed by atoms with Gasteiger partial charge in [0.2, 0.25) is 0 Å². The highest BCUT2D eigenvalue weighted by molar-refractivity contribution is 6.05. The second kappa shape index (κ2) is 4.02. The molecule has 1 N–H and O–H groups in total. The van der Waals surface area contributed by atoms with Crippen LogP contribution in [0.25, 0.3) is 21.5 Å². The molecule has 0 fully saturated rings. The molecule has 0 radical (unpaired) electrons. The lowest BCUT2D eigenvalue weighted by atomic mass is 9.96. The van der Waals surface area contributed by atoms with Crippen LogP contribution in [0.5, 0.6) is 5.75 Å². The molecule has 0 spiro atoms. The van der Waals surface area contributed by atoms with Crippen LogP contribution < -0.4 is 0 Å². The minimum Gasteiger partial charge on any atom is -0.507 e. The van der Waals surface area contributed by atoms with Crippen LogP contribution >= 0.6 is 0 Å². The van der Waals surface area contributed by atoms with Crippen molar-refractivity contribution in [3.05, 3.63) is 54.1 Å². The quantitative estimate of drug-likeness (QED) is 0.600. The Morgan fingerprint density at radius 3 is 2.33 bits per heavy atom. The van der Waals surface area contributed by atoms with E-state index in [9.17, 15) is 5.11 Å². The number of benzene rings is 3. The highest BCUT2D eigenvalue weighted by Crippen LogP contribution is 2.35. The maximum atomic E-state index is 10.4. The molecule has 0 atom stereocenters. The Morgan fingerprint density at radius 2 is 1.56 bits per heavy atom. The summed E-state index contributed by atoms with van der Waals surface area (Å²) in [6.45, 7) is 4.33. The largest absolute Gasteiger partial charge is 0.507 e. The second-order valence-electron chi connectivity index (χ2n) is 5.08. The standard InChI is InChI=1S/C17H16O/c1-11(2)12-7-8-14-9-13-5-3-4-6-15(13)17(18)16(14)10-12/h3-11,18H,1-2H3. The molecule has 0 aromatic heterocycles. The summed E-state index contributed by atoms with van der Waals surface area (Å²) in [7, 11) is 0. The minimum absolute atomic E-state index is 0.394. The molecule has 3 aromatic carbocycles. The summed E-state index contributed by atoms with van der Waals surface area (Å²) < 4.78 is 0. The predicted molar refractivity (Wildman–Crippen MR) is 77.2 cm³/mol. The number of phenolic OH excluding ortho intramolecular Hbond substituents is 1. The Kier molecular flexibility index (Phi) is 2.48. The Morgan fingerprint density at radius 1 is 0.833 bits per heavy atom. The molecular formula is C17H16O. The van der Waals surface area contributed by atoms with Crippen LogP contribution in [0.4, 0.5) is 0 Å². The molecule has 0 aliphatic carbocycles. The fourth-order valence-electron chi connectivity index (χ4n) is 2.42. The minimum atomic E-state index is 0.394. The van der Waals surface area contributed by atoms with Gasteiger partial charge in [-0.2, -0.15) is 0 Å². The van der Waals surface area contributed by atoms with Gasteiger partial charge >= 0.3 is 0 Å². The third-order valence-electron chi connectivity index (χ3n) is 3.53. The van der Waals surface area contributed by atoms with E-state index in [0.29, 0.717) is 11.7 Å². The highest BCUT2D eigenvalue weighted by atomic mass is 16.3. The average molecular weight is 236 g/mol. The van der Waals surface area contributed by atoms with Crippen LogP contribution in [0.1, 0.15) is 25.3 Å². The smallest absolute Gasteiger partial charge is 0.131 e. The number of aromatic hydroxyl groups is 1. The molecule has 0 aliphatic rings. The van der Waals surface area contributed by atoms with Crippen LogP contribution in [0.3, 0.4) is 0 Å². The normalized spacial score (nSPS) is 11.5. The first-order valence-electron chi connectivity index (χ1n) is 6.31. The first-order chi connectivity index (χ1) is 8.66.